The van der Waals surface area contributed by atoms with Crippen LogP contribution in [0.4, 0.5) is 0 Å². The first-order valence-electron chi connectivity index (χ1n) is 4.50. The summed E-state index contributed by atoms with van der Waals surface area (Å²) in [5, 5.41) is 16.9. The molecule has 0 aliphatic carbocycles. The standard InChI is InChI=1S/C12H10N4/c13-7-5-11(15)9-1-2-10(4-3-9)12(16)6-8-14/h1-6H,15-16H2. The topological polar surface area (TPSA) is 99.6 Å². The van der Waals surface area contributed by atoms with Crippen LogP contribution in [0.3, 0.4) is 0 Å². The molecule has 0 fully saturated rings. The molecule has 0 amide bonds. The Balaban J connectivity index is 3.02. The average Bonchev–Trinajstić information content (AvgIpc) is 2.30. The Morgan fingerprint density at radius 2 is 1.19 bits per heavy atom. The molecule has 4 heteroatoms. The molecule has 0 spiro atoms. The predicted molar refractivity (Wildman–Crippen MR) is 62.0 cm³/mol. The highest BCUT2D eigenvalue weighted by Gasteiger charge is 1.99. The average molecular weight is 210 g/mol. The minimum Gasteiger partial charge on any atom is -0.398 e. The van der Waals surface area contributed by atoms with Crippen LogP contribution in [0.5, 0.6) is 0 Å². The minimum absolute atomic E-state index is 0.400. The van der Waals surface area contributed by atoms with Crippen molar-refractivity contribution in [2.75, 3.05) is 0 Å². The van der Waals surface area contributed by atoms with Crippen molar-refractivity contribution >= 4 is 11.4 Å². The number of allylic oxidation sites excluding steroid dienone is 2. The van der Waals surface area contributed by atoms with Crippen LogP contribution in [0.15, 0.2) is 36.4 Å². The molecule has 0 atom stereocenters. The van der Waals surface area contributed by atoms with Crippen molar-refractivity contribution in [3.8, 4) is 12.1 Å². The van der Waals surface area contributed by atoms with Crippen LogP contribution in [0.25, 0.3) is 11.4 Å². The maximum Gasteiger partial charge on any atom is 0.0933 e. The van der Waals surface area contributed by atoms with Gasteiger partial charge >= 0.3 is 0 Å². The highest BCUT2D eigenvalue weighted by Crippen LogP contribution is 2.13. The van der Waals surface area contributed by atoms with Gasteiger partial charge in [-0.3, -0.25) is 0 Å². The SMILES string of the molecule is N#CC=C(N)c1ccc(C(N)=CC#N)cc1. The number of nitrogens with two attached hydrogens (primary N) is 2. The first kappa shape index (κ1) is 11.4. The number of nitrogens with zero attached hydrogens (tertiary/aromatic N) is 2. The summed E-state index contributed by atoms with van der Waals surface area (Å²) < 4.78 is 0. The molecule has 0 saturated carbocycles. The van der Waals surface area contributed by atoms with Crippen LogP contribution in [-0.2, 0) is 0 Å². The lowest BCUT2D eigenvalue weighted by Gasteiger charge is -2.03. The van der Waals surface area contributed by atoms with Crippen molar-refractivity contribution in [2.24, 2.45) is 11.5 Å². The monoisotopic (exact) mass is 210 g/mol. The van der Waals surface area contributed by atoms with E-state index in [-0.39, 0.29) is 0 Å². The molecule has 0 bridgehead atoms. The quantitative estimate of drug-likeness (QED) is 0.719. The third-order valence-corrected chi connectivity index (χ3v) is 1.99. The molecule has 16 heavy (non-hydrogen) atoms. The molecular weight excluding hydrogens is 200 g/mol. The lowest BCUT2D eigenvalue weighted by atomic mass is 10.1. The van der Waals surface area contributed by atoms with Crippen LogP contribution in [-0.4, -0.2) is 0 Å². The van der Waals surface area contributed by atoms with Gasteiger partial charge in [0.15, 0.2) is 0 Å². The number of hydrogen-bond donors (Lipinski definition) is 2. The Hall–Kier alpha value is -2.72. The number of nitriles is 2. The maximum atomic E-state index is 8.44. The van der Waals surface area contributed by atoms with E-state index in [0.29, 0.717) is 11.4 Å². The Bertz CT molecular complexity index is 460. The lowest BCUT2D eigenvalue weighted by Crippen LogP contribution is -1.98. The first-order valence-corrected chi connectivity index (χ1v) is 4.50. The van der Waals surface area contributed by atoms with E-state index in [1.165, 1.54) is 12.2 Å². The maximum absolute atomic E-state index is 8.44. The summed E-state index contributed by atoms with van der Waals surface area (Å²) in [7, 11) is 0. The van der Waals surface area contributed by atoms with Crippen LogP contribution in [0, 0.1) is 22.7 Å². The zero-order valence-corrected chi connectivity index (χ0v) is 8.51. The molecule has 4 nitrogen and oxygen atoms in total. The highest BCUT2D eigenvalue weighted by molar-refractivity contribution is 5.69. The molecule has 0 radical (unpaired) electrons. The zero-order chi connectivity index (χ0) is 12.0. The van der Waals surface area contributed by atoms with Gasteiger partial charge in [0, 0.05) is 23.5 Å². The molecule has 0 saturated heterocycles. The smallest absolute Gasteiger partial charge is 0.0933 e. The number of hydrogen-bond acceptors (Lipinski definition) is 4. The van der Waals surface area contributed by atoms with Gasteiger partial charge in [-0.1, -0.05) is 24.3 Å². The second-order valence-corrected chi connectivity index (χ2v) is 3.03. The van der Waals surface area contributed by atoms with Crippen molar-refractivity contribution in [3.63, 3.8) is 0 Å². The molecule has 1 rings (SSSR count). The van der Waals surface area contributed by atoms with E-state index < -0.39 is 0 Å². The van der Waals surface area contributed by atoms with Crippen molar-refractivity contribution in [1.82, 2.24) is 0 Å². The molecule has 0 aliphatic heterocycles. The van der Waals surface area contributed by atoms with Gasteiger partial charge < -0.3 is 11.5 Å². The van der Waals surface area contributed by atoms with E-state index in [4.69, 9.17) is 22.0 Å². The van der Waals surface area contributed by atoms with E-state index in [2.05, 4.69) is 0 Å². The third kappa shape index (κ3) is 2.63. The summed E-state index contributed by atoms with van der Waals surface area (Å²) in [4.78, 5) is 0. The van der Waals surface area contributed by atoms with Gasteiger partial charge in [0.05, 0.1) is 12.1 Å². The lowest BCUT2D eigenvalue weighted by molar-refractivity contribution is 1.45. The molecule has 1 aromatic carbocycles. The van der Waals surface area contributed by atoms with Crippen molar-refractivity contribution in [1.29, 1.82) is 10.5 Å². The van der Waals surface area contributed by atoms with E-state index in [0.717, 1.165) is 11.1 Å². The van der Waals surface area contributed by atoms with Gasteiger partial charge in [-0.15, -0.1) is 0 Å². The number of benzene rings is 1. The van der Waals surface area contributed by atoms with Gasteiger partial charge in [0.25, 0.3) is 0 Å². The molecule has 1 aromatic rings. The molecule has 0 heterocycles. The van der Waals surface area contributed by atoms with Crippen LogP contribution in [0.1, 0.15) is 11.1 Å². The minimum atomic E-state index is 0.400. The zero-order valence-electron chi connectivity index (χ0n) is 8.51. The second-order valence-electron chi connectivity index (χ2n) is 3.03. The fourth-order valence-corrected chi connectivity index (χ4v) is 1.16. The van der Waals surface area contributed by atoms with E-state index >= 15 is 0 Å². The van der Waals surface area contributed by atoms with Crippen molar-refractivity contribution < 1.29 is 0 Å². The van der Waals surface area contributed by atoms with Gasteiger partial charge in [0.1, 0.15) is 0 Å². The van der Waals surface area contributed by atoms with Crippen LogP contribution >= 0.6 is 0 Å². The van der Waals surface area contributed by atoms with E-state index in [1.54, 1.807) is 24.3 Å². The summed E-state index contributed by atoms with van der Waals surface area (Å²) in [5.74, 6) is 0. The fraction of sp³-hybridized carbons (Fsp3) is 0. The molecule has 78 valence electrons. The largest absolute Gasteiger partial charge is 0.398 e. The molecule has 4 N–H and O–H groups in total. The Labute approximate surface area is 93.7 Å². The summed E-state index contributed by atoms with van der Waals surface area (Å²) in [6.07, 6.45) is 2.53. The third-order valence-electron chi connectivity index (χ3n) is 1.99. The van der Waals surface area contributed by atoms with Gasteiger partial charge in [0.2, 0.25) is 0 Å². The van der Waals surface area contributed by atoms with Gasteiger partial charge in [-0.05, 0) is 11.1 Å². The summed E-state index contributed by atoms with van der Waals surface area (Å²) >= 11 is 0. The predicted octanol–water partition coefficient (Wildman–Crippen LogP) is 1.33. The second kappa shape index (κ2) is 5.23. The Morgan fingerprint density at radius 1 is 0.875 bits per heavy atom. The highest BCUT2D eigenvalue weighted by atomic mass is 14.6. The summed E-state index contributed by atoms with van der Waals surface area (Å²) in [6, 6.07) is 10.7. The van der Waals surface area contributed by atoms with Crippen molar-refractivity contribution in [3.05, 3.63) is 47.5 Å². The summed E-state index contributed by atoms with van der Waals surface area (Å²) in [5.41, 5.74) is 13.6. The van der Waals surface area contributed by atoms with Crippen LogP contribution < -0.4 is 11.5 Å². The molecular formula is C12H10N4. The number of rotatable bonds is 2. The molecule has 0 unspecified atom stereocenters. The Morgan fingerprint density at radius 3 is 1.44 bits per heavy atom. The van der Waals surface area contributed by atoms with E-state index in [1.807, 2.05) is 12.1 Å². The van der Waals surface area contributed by atoms with Crippen molar-refractivity contribution in [2.45, 2.75) is 0 Å². The normalized spacial score (nSPS) is 11.6. The molecule has 0 aromatic heterocycles. The van der Waals surface area contributed by atoms with Gasteiger partial charge in [-0.25, -0.2) is 0 Å². The summed E-state index contributed by atoms with van der Waals surface area (Å²) in [6.45, 7) is 0. The van der Waals surface area contributed by atoms with E-state index in [9.17, 15) is 0 Å². The van der Waals surface area contributed by atoms with Crippen LogP contribution in [0.2, 0.25) is 0 Å². The van der Waals surface area contributed by atoms with Gasteiger partial charge in [-0.2, -0.15) is 10.5 Å². The Kier molecular flexibility index (Phi) is 3.71. The molecule has 0 aliphatic rings. The fourth-order valence-electron chi connectivity index (χ4n) is 1.16. The first-order chi connectivity index (χ1) is 7.69.